The van der Waals surface area contributed by atoms with Crippen LogP contribution >= 0.6 is 23.2 Å². The van der Waals surface area contributed by atoms with E-state index in [9.17, 15) is 9.59 Å². The fraction of sp³-hybridized carbons (Fsp3) is 0.143. The summed E-state index contributed by atoms with van der Waals surface area (Å²) >= 11 is 12.2. The SMILES string of the molecule is CCOC(=O)c1cnc(-c2ccc(OCc3ccc(Cl)cc3Cl)c(-n3cnnn3)c2)[nH]c1=O. The number of rotatable bonds is 7. The van der Waals surface area contributed by atoms with Crippen LogP contribution in [0.3, 0.4) is 0 Å². The number of carbonyl (C=O) groups excluding carboxylic acids is 1. The monoisotopic (exact) mass is 486 g/mol. The highest BCUT2D eigenvalue weighted by atomic mass is 35.5. The molecule has 4 rings (SSSR count). The topological polar surface area (TPSA) is 125 Å². The summed E-state index contributed by atoms with van der Waals surface area (Å²) < 4.78 is 12.2. The van der Waals surface area contributed by atoms with E-state index in [2.05, 4.69) is 25.5 Å². The third kappa shape index (κ3) is 5.02. The number of aromatic nitrogens is 6. The molecule has 0 unspecified atom stereocenters. The Morgan fingerprint density at radius 2 is 2.03 bits per heavy atom. The quantitative estimate of drug-likeness (QED) is 0.393. The van der Waals surface area contributed by atoms with Crippen molar-refractivity contribution < 1.29 is 14.3 Å². The van der Waals surface area contributed by atoms with Crippen LogP contribution in [0.15, 0.2) is 53.7 Å². The Kier molecular flexibility index (Phi) is 6.66. The predicted molar refractivity (Wildman–Crippen MR) is 120 cm³/mol. The van der Waals surface area contributed by atoms with Gasteiger partial charge < -0.3 is 14.5 Å². The van der Waals surface area contributed by atoms with Crippen molar-refractivity contribution in [1.82, 2.24) is 30.2 Å². The van der Waals surface area contributed by atoms with Crippen LogP contribution in [0.4, 0.5) is 0 Å². The highest BCUT2D eigenvalue weighted by Gasteiger charge is 2.16. The summed E-state index contributed by atoms with van der Waals surface area (Å²) in [6.07, 6.45) is 2.58. The van der Waals surface area contributed by atoms with Crippen LogP contribution in [-0.4, -0.2) is 42.8 Å². The van der Waals surface area contributed by atoms with E-state index < -0.39 is 11.5 Å². The van der Waals surface area contributed by atoms with Crippen LogP contribution in [0.25, 0.3) is 17.1 Å². The zero-order chi connectivity index (χ0) is 23.4. The highest BCUT2D eigenvalue weighted by Crippen LogP contribution is 2.29. The number of nitrogens with zero attached hydrogens (tertiary/aromatic N) is 5. The van der Waals surface area contributed by atoms with Crippen molar-refractivity contribution in [3.63, 3.8) is 0 Å². The number of hydrogen-bond donors (Lipinski definition) is 1. The van der Waals surface area contributed by atoms with Gasteiger partial charge in [-0.05, 0) is 47.7 Å². The van der Waals surface area contributed by atoms with E-state index in [-0.39, 0.29) is 24.6 Å². The number of H-pyrrole nitrogens is 1. The first-order valence-corrected chi connectivity index (χ1v) is 10.4. The van der Waals surface area contributed by atoms with E-state index >= 15 is 0 Å². The molecule has 2 aromatic carbocycles. The highest BCUT2D eigenvalue weighted by molar-refractivity contribution is 6.35. The molecule has 12 heteroatoms. The molecular weight excluding hydrogens is 471 g/mol. The second kappa shape index (κ2) is 9.80. The minimum absolute atomic E-state index is 0.151. The lowest BCUT2D eigenvalue weighted by Gasteiger charge is -2.13. The first kappa shape index (κ1) is 22.4. The van der Waals surface area contributed by atoms with Crippen molar-refractivity contribution >= 4 is 29.2 Å². The molecule has 10 nitrogen and oxygen atoms in total. The fourth-order valence-corrected chi connectivity index (χ4v) is 3.39. The first-order chi connectivity index (χ1) is 16.0. The predicted octanol–water partition coefficient (Wildman–Crippen LogP) is 3.48. The lowest BCUT2D eigenvalue weighted by atomic mass is 10.1. The van der Waals surface area contributed by atoms with Gasteiger partial charge in [-0.1, -0.05) is 29.3 Å². The number of hydrogen-bond acceptors (Lipinski definition) is 8. The molecule has 0 aliphatic rings. The number of ether oxygens (including phenoxy) is 2. The van der Waals surface area contributed by atoms with Gasteiger partial charge in [0.25, 0.3) is 5.56 Å². The Morgan fingerprint density at radius 3 is 2.73 bits per heavy atom. The molecular formula is C21H16Cl2N6O4. The van der Waals surface area contributed by atoms with Crippen molar-refractivity contribution in [2.45, 2.75) is 13.5 Å². The molecule has 0 aliphatic heterocycles. The van der Waals surface area contributed by atoms with E-state index in [0.717, 1.165) is 5.56 Å². The van der Waals surface area contributed by atoms with E-state index in [1.165, 1.54) is 17.2 Å². The molecule has 1 N–H and O–H groups in total. The zero-order valence-electron chi connectivity index (χ0n) is 17.2. The lowest BCUT2D eigenvalue weighted by Crippen LogP contribution is -2.21. The van der Waals surface area contributed by atoms with Crippen molar-refractivity contribution in [3.05, 3.63) is 80.4 Å². The van der Waals surface area contributed by atoms with Gasteiger partial charge in [-0.15, -0.1) is 5.10 Å². The first-order valence-electron chi connectivity index (χ1n) is 9.67. The number of tetrazole rings is 1. The normalized spacial score (nSPS) is 10.8. The van der Waals surface area contributed by atoms with Gasteiger partial charge >= 0.3 is 5.97 Å². The number of esters is 1. The Morgan fingerprint density at radius 1 is 1.18 bits per heavy atom. The summed E-state index contributed by atoms with van der Waals surface area (Å²) in [4.78, 5) is 31.0. The summed E-state index contributed by atoms with van der Waals surface area (Å²) in [6.45, 7) is 1.98. The average Bonchev–Trinajstić information content (AvgIpc) is 3.33. The number of carbonyl (C=O) groups is 1. The summed E-state index contributed by atoms with van der Waals surface area (Å²) in [5, 5.41) is 12.3. The van der Waals surface area contributed by atoms with Gasteiger partial charge in [0.2, 0.25) is 0 Å². The molecule has 0 amide bonds. The van der Waals surface area contributed by atoms with Crippen LogP contribution in [-0.2, 0) is 11.3 Å². The molecule has 0 bridgehead atoms. The van der Waals surface area contributed by atoms with Crippen LogP contribution in [0.5, 0.6) is 5.75 Å². The largest absolute Gasteiger partial charge is 0.487 e. The maximum atomic E-state index is 12.3. The molecule has 0 saturated heterocycles. The molecule has 0 radical (unpaired) electrons. The Labute approximate surface area is 197 Å². The number of halogens is 2. The summed E-state index contributed by atoms with van der Waals surface area (Å²) in [5.74, 6) is -0.0333. The third-order valence-electron chi connectivity index (χ3n) is 4.52. The maximum absolute atomic E-state index is 12.3. The Hall–Kier alpha value is -3.76. The number of benzene rings is 2. The van der Waals surface area contributed by atoms with Gasteiger partial charge in [0, 0.05) is 27.4 Å². The minimum Gasteiger partial charge on any atom is -0.487 e. The smallest absolute Gasteiger partial charge is 0.345 e. The van der Waals surface area contributed by atoms with Crippen LogP contribution in [0.2, 0.25) is 10.0 Å². The van der Waals surface area contributed by atoms with Crippen molar-refractivity contribution in [1.29, 1.82) is 0 Å². The Bertz CT molecular complexity index is 1360. The molecule has 33 heavy (non-hydrogen) atoms. The van der Waals surface area contributed by atoms with Gasteiger partial charge in [-0.3, -0.25) is 4.79 Å². The molecule has 0 saturated carbocycles. The standard InChI is InChI=1S/C21H16Cl2N6O4/c1-2-32-21(31)15-9-24-19(26-20(15)30)12-4-6-18(17(7-12)29-11-25-27-28-29)33-10-13-3-5-14(22)8-16(13)23/h3-9,11H,2,10H2,1H3,(H,24,26,30). The summed E-state index contributed by atoms with van der Waals surface area (Å²) in [5.41, 5.74) is 0.999. The fourth-order valence-electron chi connectivity index (χ4n) is 2.93. The van der Waals surface area contributed by atoms with Crippen molar-refractivity contribution in [2.24, 2.45) is 0 Å². The van der Waals surface area contributed by atoms with Gasteiger partial charge in [0.15, 0.2) is 0 Å². The second-order valence-corrected chi connectivity index (χ2v) is 7.50. The maximum Gasteiger partial charge on any atom is 0.345 e. The molecule has 2 heterocycles. The van der Waals surface area contributed by atoms with Crippen LogP contribution in [0.1, 0.15) is 22.8 Å². The van der Waals surface area contributed by atoms with Gasteiger partial charge in [-0.25, -0.2) is 9.78 Å². The second-order valence-electron chi connectivity index (χ2n) is 6.66. The van der Waals surface area contributed by atoms with E-state index in [1.54, 1.807) is 43.3 Å². The number of nitrogens with one attached hydrogen (secondary N) is 1. The van der Waals surface area contributed by atoms with E-state index in [1.807, 2.05) is 0 Å². The van der Waals surface area contributed by atoms with E-state index in [0.29, 0.717) is 27.0 Å². The number of aromatic amines is 1. The molecule has 0 aliphatic carbocycles. The lowest BCUT2D eigenvalue weighted by molar-refractivity contribution is 0.0523. The molecule has 0 fully saturated rings. The average molecular weight is 487 g/mol. The molecule has 2 aromatic heterocycles. The van der Waals surface area contributed by atoms with Gasteiger partial charge in [0.1, 0.15) is 35.8 Å². The summed E-state index contributed by atoms with van der Waals surface area (Å²) in [7, 11) is 0. The molecule has 0 atom stereocenters. The Balaban J connectivity index is 1.66. The zero-order valence-corrected chi connectivity index (χ0v) is 18.7. The van der Waals surface area contributed by atoms with Gasteiger partial charge in [0.05, 0.1) is 6.61 Å². The summed E-state index contributed by atoms with van der Waals surface area (Å²) in [6, 6.07) is 10.2. The molecule has 4 aromatic rings. The van der Waals surface area contributed by atoms with Crippen molar-refractivity contribution in [3.8, 4) is 22.8 Å². The van der Waals surface area contributed by atoms with Crippen LogP contribution in [0, 0.1) is 0 Å². The third-order valence-corrected chi connectivity index (χ3v) is 5.11. The molecule has 168 valence electrons. The van der Waals surface area contributed by atoms with Crippen molar-refractivity contribution in [2.75, 3.05) is 6.61 Å². The van der Waals surface area contributed by atoms with Crippen LogP contribution < -0.4 is 10.3 Å². The molecule has 0 spiro atoms. The van der Waals surface area contributed by atoms with Gasteiger partial charge in [-0.2, -0.15) is 4.68 Å². The minimum atomic E-state index is -0.739. The van der Waals surface area contributed by atoms with E-state index in [4.69, 9.17) is 32.7 Å².